The van der Waals surface area contributed by atoms with Gasteiger partial charge >= 0.3 is 5.97 Å². The molecule has 0 aromatic heterocycles. The molecule has 0 aliphatic heterocycles. The first-order valence-electron chi connectivity index (χ1n) is 6.07. The fourth-order valence-corrected chi connectivity index (χ4v) is 1.96. The summed E-state index contributed by atoms with van der Waals surface area (Å²) in [6, 6.07) is 10.9. The Labute approximate surface area is 111 Å². The number of benzene rings is 2. The molecule has 0 saturated heterocycles. The number of methoxy groups -OCH3 is 1. The zero-order valence-electron chi connectivity index (χ0n) is 10.9. The quantitative estimate of drug-likeness (QED) is 0.860. The summed E-state index contributed by atoms with van der Waals surface area (Å²) in [7, 11) is 1.34. The molecule has 2 rings (SSSR count). The van der Waals surface area contributed by atoms with E-state index < -0.39 is 5.97 Å². The van der Waals surface area contributed by atoms with Crippen LogP contribution < -0.4 is 5.32 Å². The number of hydrogen-bond acceptors (Lipinski definition) is 3. The molecule has 0 saturated carbocycles. The lowest BCUT2D eigenvalue weighted by atomic mass is 10.0. The topological polar surface area (TPSA) is 55.4 Å². The van der Waals surface area contributed by atoms with Crippen LogP contribution in [0.5, 0.6) is 0 Å². The van der Waals surface area contributed by atoms with E-state index in [9.17, 15) is 9.59 Å². The van der Waals surface area contributed by atoms with Crippen molar-refractivity contribution in [3.63, 3.8) is 0 Å². The molecule has 2 aromatic carbocycles. The van der Waals surface area contributed by atoms with Crippen LogP contribution >= 0.6 is 0 Å². The van der Waals surface area contributed by atoms with E-state index in [4.69, 9.17) is 4.74 Å². The van der Waals surface area contributed by atoms with Gasteiger partial charge in [-0.2, -0.15) is 0 Å². The summed E-state index contributed by atoms with van der Waals surface area (Å²) in [6.45, 7) is 1.78. The molecular weight excluding hydrogens is 242 g/mol. The highest BCUT2D eigenvalue weighted by Crippen LogP contribution is 2.27. The number of rotatable bonds is 3. The standard InChI is InChI=1S/C15H15NO3/c1-3-13(17)16-12-9-5-7-10-6-4-8-11(14(10)12)15(18)19-2/h4-9H,3H2,1-2H3,(H,16,17). The largest absolute Gasteiger partial charge is 0.465 e. The van der Waals surface area contributed by atoms with Crippen molar-refractivity contribution in [3.05, 3.63) is 42.0 Å². The lowest BCUT2D eigenvalue weighted by Gasteiger charge is -2.11. The summed E-state index contributed by atoms with van der Waals surface area (Å²) in [6.07, 6.45) is 0.386. The lowest BCUT2D eigenvalue weighted by molar-refractivity contribution is -0.115. The fourth-order valence-electron chi connectivity index (χ4n) is 1.96. The number of amides is 1. The second-order valence-electron chi connectivity index (χ2n) is 4.10. The van der Waals surface area contributed by atoms with Gasteiger partial charge in [0.2, 0.25) is 5.91 Å². The molecule has 0 spiro atoms. The van der Waals surface area contributed by atoms with E-state index >= 15 is 0 Å². The van der Waals surface area contributed by atoms with Crippen LogP contribution in [0.4, 0.5) is 5.69 Å². The number of nitrogens with one attached hydrogen (secondary N) is 1. The fraction of sp³-hybridized carbons (Fsp3) is 0.200. The van der Waals surface area contributed by atoms with Crippen molar-refractivity contribution in [2.75, 3.05) is 12.4 Å². The summed E-state index contributed by atoms with van der Waals surface area (Å²) in [4.78, 5) is 23.3. The molecule has 0 atom stereocenters. The maximum absolute atomic E-state index is 11.8. The van der Waals surface area contributed by atoms with Gasteiger partial charge < -0.3 is 10.1 Å². The molecule has 0 radical (unpaired) electrons. The highest BCUT2D eigenvalue weighted by Gasteiger charge is 2.14. The number of carbonyl (C=O) groups is 2. The molecule has 98 valence electrons. The van der Waals surface area contributed by atoms with Gasteiger partial charge in [-0.3, -0.25) is 4.79 Å². The molecular formula is C15H15NO3. The number of fused-ring (bicyclic) bond motifs is 1. The molecule has 0 bridgehead atoms. The van der Waals surface area contributed by atoms with Crippen LogP contribution in [-0.2, 0) is 9.53 Å². The molecule has 0 fully saturated rings. The summed E-state index contributed by atoms with van der Waals surface area (Å²) in [5.74, 6) is -0.504. The van der Waals surface area contributed by atoms with Crippen molar-refractivity contribution >= 4 is 28.3 Å². The third-order valence-electron chi connectivity index (χ3n) is 2.91. The van der Waals surface area contributed by atoms with E-state index in [0.717, 1.165) is 5.39 Å². The maximum Gasteiger partial charge on any atom is 0.338 e. The van der Waals surface area contributed by atoms with Crippen molar-refractivity contribution in [1.82, 2.24) is 0 Å². The SMILES string of the molecule is CCC(=O)Nc1cccc2cccc(C(=O)OC)c12. The van der Waals surface area contributed by atoms with Crippen molar-refractivity contribution in [3.8, 4) is 0 Å². The summed E-state index contributed by atoms with van der Waals surface area (Å²) < 4.78 is 4.78. The second kappa shape index (κ2) is 5.52. The highest BCUT2D eigenvalue weighted by atomic mass is 16.5. The Balaban J connectivity index is 2.63. The Morgan fingerprint density at radius 2 is 1.84 bits per heavy atom. The molecule has 1 amide bonds. The first-order chi connectivity index (χ1) is 9.17. The van der Waals surface area contributed by atoms with Crippen LogP contribution in [-0.4, -0.2) is 19.0 Å². The molecule has 0 heterocycles. The predicted molar refractivity (Wildman–Crippen MR) is 74.2 cm³/mol. The molecule has 0 aliphatic carbocycles. The second-order valence-corrected chi connectivity index (χ2v) is 4.10. The van der Waals surface area contributed by atoms with Crippen LogP contribution in [0.1, 0.15) is 23.7 Å². The molecule has 0 unspecified atom stereocenters. The minimum atomic E-state index is -0.413. The van der Waals surface area contributed by atoms with Crippen LogP contribution in [0.2, 0.25) is 0 Å². The van der Waals surface area contributed by atoms with Gasteiger partial charge in [0.05, 0.1) is 12.7 Å². The summed E-state index contributed by atoms with van der Waals surface area (Å²) in [5.41, 5.74) is 1.08. The van der Waals surface area contributed by atoms with Crippen molar-refractivity contribution in [2.45, 2.75) is 13.3 Å². The van der Waals surface area contributed by atoms with E-state index in [1.807, 2.05) is 18.2 Å². The van der Waals surface area contributed by atoms with E-state index in [1.165, 1.54) is 7.11 Å². The summed E-state index contributed by atoms with van der Waals surface area (Å²) in [5, 5.41) is 4.40. The van der Waals surface area contributed by atoms with Gasteiger partial charge in [-0.1, -0.05) is 31.2 Å². The Morgan fingerprint density at radius 3 is 2.47 bits per heavy atom. The van der Waals surface area contributed by atoms with E-state index in [2.05, 4.69) is 5.32 Å². The maximum atomic E-state index is 11.8. The van der Waals surface area contributed by atoms with Crippen LogP contribution in [0.3, 0.4) is 0 Å². The monoisotopic (exact) mass is 257 g/mol. The van der Waals surface area contributed by atoms with Crippen molar-refractivity contribution in [2.24, 2.45) is 0 Å². The zero-order valence-corrected chi connectivity index (χ0v) is 10.9. The smallest absolute Gasteiger partial charge is 0.338 e. The lowest BCUT2D eigenvalue weighted by Crippen LogP contribution is -2.11. The Morgan fingerprint density at radius 1 is 1.16 bits per heavy atom. The van der Waals surface area contributed by atoms with Crippen molar-refractivity contribution < 1.29 is 14.3 Å². The average Bonchev–Trinajstić information content (AvgIpc) is 2.45. The van der Waals surface area contributed by atoms with Gasteiger partial charge in [0.1, 0.15) is 0 Å². The normalized spacial score (nSPS) is 10.2. The number of anilines is 1. The highest BCUT2D eigenvalue weighted by molar-refractivity contribution is 6.12. The summed E-state index contributed by atoms with van der Waals surface area (Å²) >= 11 is 0. The number of esters is 1. The predicted octanol–water partition coefficient (Wildman–Crippen LogP) is 2.97. The minimum Gasteiger partial charge on any atom is -0.465 e. The Hall–Kier alpha value is -2.36. The number of ether oxygens (including phenoxy) is 1. The zero-order chi connectivity index (χ0) is 13.8. The first-order valence-corrected chi connectivity index (χ1v) is 6.07. The molecule has 1 N–H and O–H groups in total. The first kappa shape index (κ1) is 13.1. The third-order valence-corrected chi connectivity index (χ3v) is 2.91. The van der Waals surface area contributed by atoms with Gasteiger partial charge in [0.25, 0.3) is 0 Å². The third kappa shape index (κ3) is 2.57. The van der Waals surface area contributed by atoms with Crippen molar-refractivity contribution in [1.29, 1.82) is 0 Å². The number of carbonyl (C=O) groups excluding carboxylic acids is 2. The Kier molecular flexibility index (Phi) is 3.80. The van der Waals surface area contributed by atoms with Gasteiger partial charge in [-0.25, -0.2) is 4.79 Å². The van der Waals surface area contributed by atoms with Crippen LogP contribution in [0.25, 0.3) is 10.8 Å². The molecule has 4 nitrogen and oxygen atoms in total. The average molecular weight is 257 g/mol. The van der Waals surface area contributed by atoms with Gasteiger partial charge in [0.15, 0.2) is 0 Å². The van der Waals surface area contributed by atoms with E-state index in [-0.39, 0.29) is 5.91 Å². The van der Waals surface area contributed by atoms with Crippen LogP contribution in [0.15, 0.2) is 36.4 Å². The van der Waals surface area contributed by atoms with Gasteiger partial charge in [0, 0.05) is 17.5 Å². The number of hydrogen-bond donors (Lipinski definition) is 1. The van der Waals surface area contributed by atoms with E-state index in [0.29, 0.717) is 23.1 Å². The van der Waals surface area contributed by atoms with Crippen LogP contribution in [0, 0.1) is 0 Å². The molecule has 4 heteroatoms. The van der Waals surface area contributed by atoms with Gasteiger partial charge in [-0.15, -0.1) is 0 Å². The Bertz CT molecular complexity index is 629. The molecule has 0 aliphatic rings. The molecule has 2 aromatic rings. The minimum absolute atomic E-state index is 0.0906. The van der Waals surface area contributed by atoms with Gasteiger partial charge in [-0.05, 0) is 17.5 Å². The van der Waals surface area contributed by atoms with E-state index in [1.54, 1.807) is 25.1 Å². The molecule has 19 heavy (non-hydrogen) atoms.